The number of carbonyl (C=O) groups excluding carboxylic acids is 1. The Labute approximate surface area is 151 Å². The van der Waals surface area contributed by atoms with E-state index in [1.807, 2.05) is 30.3 Å². The Morgan fingerprint density at radius 1 is 1.15 bits per heavy atom. The highest BCUT2D eigenvalue weighted by Crippen LogP contribution is 2.21. The molecule has 26 heavy (non-hydrogen) atoms. The minimum Gasteiger partial charge on any atom is -0.497 e. The molecule has 0 aliphatic rings. The van der Waals surface area contributed by atoms with Crippen molar-refractivity contribution in [3.63, 3.8) is 0 Å². The molecule has 0 aliphatic heterocycles. The first-order chi connectivity index (χ1) is 12.6. The monoisotopic (exact) mass is 352 g/mol. The fourth-order valence-electron chi connectivity index (χ4n) is 2.41. The van der Waals surface area contributed by atoms with Crippen LogP contribution in [-0.2, 0) is 11.3 Å². The minimum atomic E-state index is -0.429. The van der Waals surface area contributed by atoms with Crippen LogP contribution in [0, 0.1) is 0 Å². The Morgan fingerprint density at radius 3 is 2.62 bits per heavy atom. The van der Waals surface area contributed by atoms with Crippen molar-refractivity contribution in [3.8, 4) is 17.1 Å². The zero-order valence-electron chi connectivity index (χ0n) is 14.9. The van der Waals surface area contributed by atoms with E-state index in [4.69, 9.17) is 14.0 Å². The number of carbonyl (C=O) groups is 1. The van der Waals surface area contributed by atoms with Gasteiger partial charge in [-0.2, -0.15) is 4.98 Å². The third-order valence-corrected chi connectivity index (χ3v) is 3.94. The van der Waals surface area contributed by atoms with E-state index in [1.54, 1.807) is 25.3 Å². The Bertz CT molecular complexity index is 885. The summed E-state index contributed by atoms with van der Waals surface area (Å²) < 4.78 is 15.6. The van der Waals surface area contributed by atoms with Gasteiger partial charge in [0.15, 0.2) is 6.61 Å². The molecule has 0 atom stereocenters. The van der Waals surface area contributed by atoms with Gasteiger partial charge in [-0.15, -0.1) is 0 Å². The van der Waals surface area contributed by atoms with Gasteiger partial charge in [-0.05, 0) is 35.7 Å². The molecule has 2 aromatic carbocycles. The lowest BCUT2D eigenvalue weighted by molar-refractivity contribution is 0.0430. The highest BCUT2D eigenvalue weighted by Gasteiger charge is 2.13. The molecule has 0 spiro atoms. The van der Waals surface area contributed by atoms with E-state index in [9.17, 15) is 4.79 Å². The second kappa shape index (κ2) is 7.82. The lowest BCUT2D eigenvalue weighted by Crippen LogP contribution is -2.05. The lowest BCUT2D eigenvalue weighted by Gasteiger charge is -2.06. The zero-order valence-corrected chi connectivity index (χ0v) is 14.9. The number of benzene rings is 2. The normalized spacial score (nSPS) is 10.8. The number of ether oxygens (including phenoxy) is 2. The molecular weight excluding hydrogens is 332 g/mol. The molecule has 1 aromatic heterocycles. The van der Waals surface area contributed by atoms with E-state index in [0.29, 0.717) is 23.1 Å². The molecule has 0 aliphatic carbocycles. The van der Waals surface area contributed by atoms with Crippen LogP contribution >= 0.6 is 0 Å². The smallest absolute Gasteiger partial charge is 0.338 e. The van der Waals surface area contributed by atoms with Gasteiger partial charge in [-0.25, -0.2) is 4.79 Å². The fourth-order valence-corrected chi connectivity index (χ4v) is 2.41. The van der Waals surface area contributed by atoms with E-state index in [0.717, 1.165) is 5.56 Å². The molecule has 0 saturated carbocycles. The minimum absolute atomic E-state index is 0.0816. The van der Waals surface area contributed by atoms with Gasteiger partial charge in [-0.3, -0.25) is 0 Å². The second-order valence-corrected chi connectivity index (χ2v) is 6.10. The molecule has 0 bridgehead atoms. The van der Waals surface area contributed by atoms with Crippen LogP contribution in [0.3, 0.4) is 0 Å². The molecular formula is C20H20N2O4. The highest BCUT2D eigenvalue weighted by molar-refractivity contribution is 5.89. The molecule has 0 saturated heterocycles. The summed E-state index contributed by atoms with van der Waals surface area (Å²) in [6.07, 6.45) is 0. The maximum Gasteiger partial charge on any atom is 0.338 e. The molecule has 3 rings (SSSR count). The fraction of sp³-hybridized carbons (Fsp3) is 0.250. The summed E-state index contributed by atoms with van der Waals surface area (Å²) in [6.45, 7) is 4.12. The van der Waals surface area contributed by atoms with Crippen LogP contribution in [0.1, 0.15) is 41.6 Å². The molecule has 6 heteroatoms. The number of hydrogen-bond acceptors (Lipinski definition) is 6. The summed E-state index contributed by atoms with van der Waals surface area (Å²) in [7, 11) is 1.59. The van der Waals surface area contributed by atoms with E-state index in [2.05, 4.69) is 24.0 Å². The molecule has 6 nitrogen and oxygen atoms in total. The van der Waals surface area contributed by atoms with Crippen LogP contribution in [0.4, 0.5) is 0 Å². The van der Waals surface area contributed by atoms with Crippen LogP contribution in [0.2, 0.25) is 0 Å². The Balaban J connectivity index is 1.63. The summed E-state index contributed by atoms with van der Waals surface area (Å²) in [4.78, 5) is 16.4. The quantitative estimate of drug-likeness (QED) is 0.618. The number of hydrogen-bond donors (Lipinski definition) is 0. The van der Waals surface area contributed by atoms with Gasteiger partial charge in [0.25, 0.3) is 5.89 Å². The van der Waals surface area contributed by atoms with Gasteiger partial charge in [0, 0.05) is 5.56 Å². The van der Waals surface area contributed by atoms with Gasteiger partial charge in [-0.1, -0.05) is 43.3 Å². The van der Waals surface area contributed by atoms with E-state index >= 15 is 0 Å². The Hall–Kier alpha value is -3.15. The number of nitrogens with zero attached hydrogens (tertiary/aromatic N) is 2. The van der Waals surface area contributed by atoms with Crippen LogP contribution in [0.25, 0.3) is 11.4 Å². The van der Waals surface area contributed by atoms with Crippen molar-refractivity contribution in [3.05, 3.63) is 65.5 Å². The van der Waals surface area contributed by atoms with Crippen molar-refractivity contribution in [1.82, 2.24) is 10.1 Å². The van der Waals surface area contributed by atoms with Gasteiger partial charge < -0.3 is 14.0 Å². The average molecular weight is 352 g/mol. The number of esters is 1. The molecule has 0 N–H and O–H groups in total. The predicted molar refractivity (Wildman–Crippen MR) is 95.9 cm³/mol. The van der Waals surface area contributed by atoms with Crippen molar-refractivity contribution in [2.24, 2.45) is 0 Å². The number of methoxy groups -OCH3 is 1. The molecule has 0 radical (unpaired) electrons. The van der Waals surface area contributed by atoms with Crippen molar-refractivity contribution in [2.45, 2.75) is 26.4 Å². The van der Waals surface area contributed by atoms with Gasteiger partial charge >= 0.3 is 5.97 Å². The van der Waals surface area contributed by atoms with Gasteiger partial charge in [0.05, 0.1) is 12.7 Å². The molecule has 0 unspecified atom stereocenters. The van der Waals surface area contributed by atoms with Crippen LogP contribution in [0.15, 0.2) is 53.1 Å². The van der Waals surface area contributed by atoms with Crippen LogP contribution in [-0.4, -0.2) is 23.2 Å². The first-order valence-electron chi connectivity index (χ1n) is 8.31. The highest BCUT2D eigenvalue weighted by atomic mass is 16.6. The van der Waals surface area contributed by atoms with Crippen molar-refractivity contribution in [2.75, 3.05) is 7.11 Å². The average Bonchev–Trinajstić information content (AvgIpc) is 3.15. The van der Waals surface area contributed by atoms with Crippen LogP contribution < -0.4 is 4.74 Å². The predicted octanol–water partition coefficient (Wildman–Crippen LogP) is 4.23. The van der Waals surface area contributed by atoms with Crippen molar-refractivity contribution < 1.29 is 18.8 Å². The maximum absolute atomic E-state index is 12.1. The van der Waals surface area contributed by atoms with E-state index in [1.165, 1.54) is 5.56 Å². The molecule has 0 fully saturated rings. The Morgan fingerprint density at radius 2 is 1.92 bits per heavy atom. The number of aromatic nitrogens is 2. The summed E-state index contributed by atoms with van der Waals surface area (Å²) in [5, 5.41) is 3.91. The standard InChI is InChI=1S/C20H20N2O4/c1-13(2)14-7-9-15(10-8-14)20(23)25-12-18-21-19(22-26-18)16-5-4-6-17(11-16)24-3/h4-11,13H,12H2,1-3H3. The molecule has 134 valence electrons. The van der Waals surface area contributed by atoms with Crippen LogP contribution in [0.5, 0.6) is 5.75 Å². The largest absolute Gasteiger partial charge is 0.497 e. The first-order valence-corrected chi connectivity index (χ1v) is 8.31. The number of rotatable bonds is 6. The van der Waals surface area contributed by atoms with Crippen molar-refractivity contribution >= 4 is 5.97 Å². The Kier molecular flexibility index (Phi) is 5.31. The van der Waals surface area contributed by atoms with E-state index in [-0.39, 0.29) is 12.5 Å². The molecule has 1 heterocycles. The first kappa shape index (κ1) is 17.7. The SMILES string of the molecule is COc1cccc(-c2noc(COC(=O)c3ccc(C(C)C)cc3)n2)c1. The second-order valence-electron chi connectivity index (χ2n) is 6.10. The lowest BCUT2D eigenvalue weighted by atomic mass is 10.0. The van der Waals surface area contributed by atoms with Gasteiger partial charge in [0.2, 0.25) is 5.82 Å². The summed E-state index contributed by atoms with van der Waals surface area (Å²) in [5.41, 5.74) is 2.42. The summed E-state index contributed by atoms with van der Waals surface area (Å²) in [5.74, 6) is 1.33. The summed E-state index contributed by atoms with van der Waals surface area (Å²) >= 11 is 0. The van der Waals surface area contributed by atoms with Crippen molar-refractivity contribution in [1.29, 1.82) is 0 Å². The molecule has 3 aromatic rings. The van der Waals surface area contributed by atoms with Gasteiger partial charge in [0.1, 0.15) is 5.75 Å². The third kappa shape index (κ3) is 4.08. The zero-order chi connectivity index (χ0) is 18.5. The maximum atomic E-state index is 12.1. The molecule has 0 amide bonds. The van der Waals surface area contributed by atoms with E-state index < -0.39 is 5.97 Å². The third-order valence-electron chi connectivity index (χ3n) is 3.94. The summed E-state index contributed by atoms with van der Waals surface area (Å²) in [6, 6.07) is 14.7. The topological polar surface area (TPSA) is 74.5 Å².